The fraction of sp³-hybridized carbons (Fsp3) is 0.286. The van der Waals surface area contributed by atoms with E-state index in [9.17, 15) is 0 Å². The second-order valence-corrected chi connectivity index (χ2v) is 4.22. The van der Waals surface area contributed by atoms with Crippen LogP contribution in [0.5, 0.6) is 0 Å². The summed E-state index contributed by atoms with van der Waals surface area (Å²) >= 11 is 0. The van der Waals surface area contributed by atoms with Crippen molar-refractivity contribution in [2.24, 2.45) is 5.73 Å². The third-order valence-electron chi connectivity index (χ3n) is 2.94. The van der Waals surface area contributed by atoms with Crippen LogP contribution < -0.4 is 10.6 Å². The molecular weight excluding hydrogens is 224 g/mol. The summed E-state index contributed by atoms with van der Waals surface area (Å²) < 4.78 is 0. The van der Waals surface area contributed by atoms with Crippen LogP contribution >= 0.6 is 0 Å². The Kier molecular flexibility index (Phi) is 3.77. The van der Waals surface area contributed by atoms with Gasteiger partial charge in [-0.3, -0.25) is 5.41 Å². The van der Waals surface area contributed by atoms with Crippen LogP contribution in [-0.2, 0) is 0 Å². The van der Waals surface area contributed by atoms with Crippen molar-refractivity contribution in [2.75, 3.05) is 18.0 Å². The van der Waals surface area contributed by atoms with E-state index in [4.69, 9.17) is 11.1 Å². The highest BCUT2D eigenvalue weighted by molar-refractivity contribution is 5.80. The lowest BCUT2D eigenvalue weighted by molar-refractivity contribution is 0.818. The smallest absolute Gasteiger partial charge is 0.129 e. The van der Waals surface area contributed by atoms with Gasteiger partial charge in [-0.25, -0.2) is 4.98 Å². The second kappa shape index (κ2) is 5.49. The number of fused-ring (bicyclic) bond motifs is 1. The maximum atomic E-state index is 7.29. The van der Waals surface area contributed by atoms with Crippen molar-refractivity contribution < 1.29 is 0 Å². The Bertz CT molecular complexity index is 550. The fourth-order valence-corrected chi connectivity index (χ4v) is 1.92. The van der Waals surface area contributed by atoms with Crippen LogP contribution in [0.3, 0.4) is 0 Å². The molecule has 0 saturated heterocycles. The summed E-state index contributed by atoms with van der Waals surface area (Å²) in [6, 6.07) is 12.2. The van der Waals surface area contributed by atoms with Crippen LogP contribution in [0.2, 0.25) is 0 Å². The molecule has 0 unspecified atom stereocenters. The van der Waals surface area contributed by atoms with Gasteiger partial charge in [-0.05, 0) is 25.1 Å². The number of para-hydroxylation sites is 1. The quantitative estimate of drug-likeness (QED) is 0.625. The number of nitrogens with two attached hydrogens (primary N) is 1. The highest BCUT2D eigenvalue weighted by atomic mass is 15.2. The van der Waals surface area contributed by atoms with E-state index in [2.05, 4.69) is 28.9 Å². The first-order valence-electron chi connectivity index (χ1n) is 6.14. The van der Waals surface area contributed by atoms with Crippen LogP contribution in [0.15, 0.2) is 36.4 Å². The highest BCUT2D eigenvalue weighted by Gasteiger charge is 2.06. The summed E-state index contributed by atoms with van der Waals surface area (Å²) in [5.74, 6) is 1.16. The topological polar surface area (TPSA) is 66.0 Å². The molecule has 1 aromatic heterocycles. The molecule has 0 radical (unpaired) electrons. The number of pyridine rings is 1. The molecule has 0 bridgehead atoms. The molecule has 0 fully saturated rings. The molecule has 1 heterocycles. The molecule has 0 atom stereocenters. The Labute approximate surface area is 107 Å². The van der Waals surface area contributed by atoms with Gasteiger partial charge in [0.05, 0.1) is 11.4 Å². The molecular formula is C14H18N4. The van der Waals surface area contributed by atoms with E-state index in [-0.39, 0.29) is 5.84 Å². The van der Waals surface area contributed by atoms with E-state index in [1.807, 2.05) is 24.3 Å². The average molecular weight is 242 g/mol. The van der Waals surface area contributed by atoms with E-state index in [0.717, 1.165) is 29.8 Å². The number of hydrogen-bond donors (Lipinski definition) is 2. The molecule has 0 aliphatic heterocycles. The average Bonchev–Trinajstić information content (AvgIpc) is 2.39. The van der Waals surface area contributed by atoms with Gasteiger partial charge in [0.15, 0.2) is 0 Å². The van der Waals surface area contributed by atoms with Crippen molar-refractivity contribution in [3.05, 3.63) is 36.4 Å². The summed E-state index contributed by atoms with van der Waals surface area (Å²) in [4.78, 5) is 6.77. The minimum Gasteiger partial charge on any atom is -0.388 e. The number of benzene rings is 1. The number of hydrogen-bond acceptors (Lipinski definition) is 3. The zero-order valence-electron chi connectivity index (χ0n) is 10.6. The van der Waals surface area contributed by atoms with Gasteiger partial charge in [-0.1, -0.05) is 18.2 Å². The molecule has 0 amide bonds. The molecule has 1 aromatic carbocycles. The molecule has 0 aliphatic rings. The van der Waals surface area contributed by atoms with Crippen molar-refractivity contribution in [3.63, 3.8) is 0 Å². The summed E-state index contributed by atoms with van der Waals surface area (Å²) in [5, 5.41) is 8.43. The van der Waals surface area contributed by atoms with E-state index in [1.165, 1.54) is 0 Å². The molecule has 0 spiro atoms. The molecule has 3 N–H and O–H groups in total. The monoisotopic (exact) mass is 242 g/mol. The van der Waals surface area contributed by atoms with E-state index in [0.29, 0.717) is 6.42 Å². The van der Waals surface area contributed by atoms with Gasteiger partial charge < -0.3 is 10.6 Å². The number of aromatic nitrogens is 1. The Balaban J connectivity index is 2.24. The molecule has 0 saturated carbocycles. The van der Waals surface area contributed by atoms with E-state index >= 15 is 0 Å². The number of anilines is 1. The standard InChI is InChI=1S/C14H18N4/c1-2-18(10-9-13(15)16)14-8-7-11-5-3-4-6-12(11)17-14/h3-8H,2,9-10H2,1H3,(H3,15,16). The van der Waals surface area contributed by atoms with E-state index < -0.39 is 0 Å². The maximum Gasteiger partial charge on any atom is 0.129 e. The Morgan fingerprint density at radius 2 is 2.06 bits per heavy atom. The van der Waals surface area contributed by atoms with Gasteiger partial charge in [0.1, 0.15) is 5.82 Å². The van der Waals surface area contributed by atoms with Crippen LogP contribution in [-0.4, -0.2) is 23.9 Å². The number of nitrogens with zero attached hydrogens (tertiary/aromatic N) is 2. The highest BCUT2D eigenvalue weighted by Crippen LogP contribution is 2.17. The van der Waals surface area contributed by atoms with Crippen molar-refractivity contribution >= 4 is 22.6 Å². The third kappa shape index (κ3) is 2.77. The van der Waals surface area contributed by atoms with Crippen LogP contribution in [0.1, 0.15) is 13.3 Å². The predicted octanol–water partition coefficient (Wildman–Crippen LogP) is 2.39. The Hall–Kier alpha value is -2.10. The molecule has 4 heteroatoms. The summed E-state index contributed by atoms with van der Waals surface area (Å²) in [6.07, 6.45) is 0.572. The SMILES string of the molecule is CCN(CCC(=N)N)c1ccc2ccccc2n1. The van der Waals surface area contributed by atoms with Gasteiger partial charge >= 0.3 is 0 Å². The molecule has 2 aromatic rings. The zero-order valence-corrected chi connectivity index (χ0v) is 10.6. The van der Waals surface area contributed by atoms with Crippen LogP contribution in [0.4, 0.5) is 5.82 Å². The zero-order chi connectivity index (χ0) is 13.0. The first-order chi connectivity index (χ1) is 8.70. The minimum atomic E-state index is 0.217. The first kappa shape index (κ1) is 12.4. The molecule has 94 valence electrons. The predicted molar refractivity (Wildman–Crippen MR) is 76.2 cm³/mol. The molecule has 18 heavy (non-hydrogen) atoms. The summed E-state index contributed by atoms with van der Waals surface area (Å²) in [6.45, 7) is 3.67. The second-order valence-electron chi connectivity index (χ2n) is 4.22. The summed E-state index contributed by atoms with van der Waals surface area (Å²) in [5.41, 5.74) is 6.40. The van der Waals surface area contributed by atoms with E-state index in [1.54, 1.807) is 0 Å². The van der Waals surface area contributed by atoms with Crippen LogP contribution in [0, 0.1) is 5.41 Å². The van der Waals surface area contributed by atoms with Gasteiger partial charge in [-0.15, -0.1) is 0 Å². The van der Waals surface area contributed by atoms with Gasteiger partial charge in [0, 0.05) is 24.9 Å². The van der Waals surface area contributed by atoms with Crippen molar-refractivity contribution in [1.29, 1.82) is 5.41 Å². The largest absolute Gasteiger partial charge is 0.388 e. The summed E-state index contributed by atoms with van der Waals surface area (Å²) in [7, 11) is 0. The molecule has 4 nitrogen and oxygen atoms in total. The maximum absolute atomic E-state index is 7.29. The lowest BCUT2D eigenvalue weighted by Crippen LogP contribution is -2.28. The van der Waals surface area contributed by atoms with Crippen LogP contribution in [0.25, 0.3) is 10.9 Å². The van der Waals surface area contributed by atoms with Crippen molar-refractivity contribution in [3.8, 4) is 0 Å². The Morgan fingerprint density at radius 3 is 2.78 bits per heavy atom. The first-order valence-corrected chi connectivity index (χ1v) is 6.14. The fourth-order valence-electron chi connectivity index (χ4n) is 1.92. The normalized spacial score (nSPS) is 10.5. The van der Waals surface area contributed by atoms with Gasteiger partial charge in [0.25, 0.3) is 0 Å². The lowest BCUT2D eigenvalue weighted by atomic mass is 10.2. The lowest BCUT2D eigenvalue weighted by Gasteiger charge is -2.21. The third-order valence-corrected chi connectivity index (χ3v) is 2.94. The van der Waals surface area contributed by atoms with Crippen molar-refractivity contribution in [2.45, 2.75) is 13.3 Å². The van der Waals surface area contributed by atoms with Gasteiger partial charge in [-0.2, -0.15) is 0 Å². The number of amidine groups is 1. The number of rotatable bonds is 5. The number of nitrogens with one attached hydrogen (secondary N) is 1. The van der Waals surface area contributed by atoms with Crippen molar-refractivity contribution in [1.82, 2.24) is 4.98 Å². The molecule has 0 aliphatic carbocycles. The molecule has 2 rings (SSSR count). The van der Waals surface area contributed by atoms with Gasteiger partial charge in [0.2, 0.25) is 0 Å². The minimum absolute atomic E-state index is 0.217. The Morgan fingerprint density at radius 1 is 1.28 bits per heavy atom.